The Kier molecular flexibility index (Phi) is 5.07. The molecule has 1 fully saturated rings. The Balaban J connectivity index is 1.68. The van der Waals surface area contributed by atoms with Gasteiger partial charge in [-0.1, -0.05) is 24.9 Å². The van der Waals surface area contributed by atoms with Crippen LogP contribution < -0.4 is 10.1 Å². The lowest BCUT2D eigenvalue weighted by atomic mass is 9.88. The molecule has 0 spiro atoms. The summed E-state index contributed by atoms with van der Waals surface area (Å²) >= 11 is 6.28. The van der Waals surface area contributed by atoms with Gasteiger partial charge < -0.3 is 10.1 Å². The standard InChI is InChI=1S/C18H26ClNO/c1-2-7-20-12-15-5-3-4-13(15)9-16-11-17(19)10-14-6-8-21-18(14)16/h10-11,13,15,20H,2-9,12H2,1H3. The van der Waals surface area contributed by atoms with Crippen LogP contribution in [0.3, 0.4) is 0 Å². The topological polar surface area (TPSA) is 21.3 Å². The van der Waals surface area contributed by atoms with Crippen molar-refractivity contribution in [2.45, 2.75) is 45.4 Å². The molecule has 1 saturated carbocycles. The van der Waals surface area contributed by atoms with Crippen LogP contribution in [0, 0.1) is 11.8 Å². The van der Waals surface area contributed by atoms with Gasteiger partial charge in [-0.25, -0.2) is 0 Å². The van der Waals surface area contributed by atoms with Crippen molar-refractivity contribution in [2.24, 2.45) is 11.8 Å². The van der Waals surface area contributed by atoms with Gasteiger partial charge in [-0.15, -0.1) is 0 Å². The fourth-order valence-corrected chi connectivity index (χ4v) is 4.16. The first kappa shape index (κ1) is 15.2. The minimum atomic E-state index is 0.779. The molecule has 0 aromatic heterocycles. The molecule has 1 aliphatic heterocycles. The molecule has 0 amide bonds. The molecular weight excluding hydrogens is 282 g/mol. The molecule has 2 aliphatic rings. The van der Waals surface area contributed by atoms with Gasteiger partial charge in [-0.2, -0.15) is 0 Å². The highest BCUT2D eigenvalue weighted by Gasteiger charge is 2.29. The number of benzene rings is 1. The summed E-state index contributed by atoms with van der Waals surface area (Å²) in [6.45, 7) is 5.35. The first-order valence-corrected chi connectivity index (χ1v) is 8.80. The van der Waals surface area contributed by atoms with Crippen molar-refractivity contribution in [2.75, 3.05) is 19.7 Å². The Morgan fingerprint density at radius 2 is 2.14 bits per heavy atom. The number of ether oxygens (including phenoxy) is 1. The van der Waals surface area contributed by atoms with Crippen molar-refractivity contribution in [1.82, 2.24) is 5.32 Å². The minimum Gasteiger partial charge on any atom is -0.493 e. The Morgan fingerprint density at radius 3 is 3.00 bits per heavy atom. The second kappa shape index (κ2) is 7.02. The van der Waals surface area contributed by atoms with Gasteiger partial charge in [0.25, 0.3) is 0 Å². The lowest BCUT2D eigenvalue weighted by Gasteiger charge is -2.21. The molecule has 3 heteroatoms. The van der Waals surface area contributed by atoms with Crippen LogP contribution in [0.25, 0.3) is 0 Å². The molecule has 0 saturated heterocycles. The number of rotatable bonds is 6. The van der Waals surface area contributed by atoms with E-state index in [1.54, 1.807) is 0 Å². The zero-order valence-electron chi connectivity index (χ0n) is 13.0. The summed E-state index contributed by atoms with van der Waals surface area (Å²) in [5.41, 5.74) is 2.64. The predicted molar refractivity (Wildman–Crippen MR) is 88.3 cm³/mol. The largest absolute Gasteiger partial charge is 0.493 e. The van der Waals surface area contributed by atoms with Gasteiger partial charge in [0.05, 0.1) is 6.61 Å². The number of halogens is 1. The number of hydrogen-bond acceptors (Lipinski definition) is 2. The van der Waals surface area contributed by atoms with E-state index in [2.05, 4.69) is 24.4 Å². The zero-order chi connectivity index (χ0) is 14.7. The number of fused-ring (bicyclic) bond motifs is 1. The van der Waals surface area contributed by atoms with Crippen molar-refractivity contribution < 1.29 is 4.74 Å². The van der Waals surface area contributed by atoms with E-state index in [4.69, 9.17) is 16.3 Å². The first-order valence-electron chi connectivity index (χ1n) is 8.42. The molecule has 116 valence electrons. The van der Waals surface area contributed by atoms with Gasteiger partial charge in [0.1, 0.15) is 5.75 Å². The van der Waals surface area contributed by atoms with Crippen LogP contribution in [-0.2, 0) is 12.8 Å². The van der Waals surface area contributed by atoms with E-state index in [-0.39, 0.29) is 0 Å². The summed E-state index contributed by atoms with van der Waals surface area (Å²) < 4.78 is 5.85. The van der Waals surface area contributed by atoms with Crippen molar-refractivity contribution in [3.63, 3.8) is 0 Å². The molecule has 1 aromatic rings. The maximum Gasteiger partial charge on any atom is 0.125 e. The van der Waals surface area contributed by atoms with Crippen molar-refractivity contribution in [3.05, 3.63) is 28.3 Å². The quantitative estimate of drug-likeness (QED) is 0.794. The number of nitrogens with one attached hydrogen (secondary N) is 1. The highest BCUT2D eigenvalue weighted by atomic mass is 35.5. The number of hydrogen-bond donors (Lipinski definition) is 1. The third-order valence-corrected chi connectivity index (χ3v) is 5.18. The fraction of sp³-hybridized carbons (Fsp3) is 0.667. The molecule has 0 radical (unpaired) electrons. The first-order chi connectivity index (χ1) is 10.3. The Morgan fingerprint density at radius 1 is 1.29 bits per heavy atom. The predicted octanol–water partition coefficient (Wildman–Crippen LogP) is 4.23. The molecule has 0 bridgehead atoms. The van der Waals surface area contributed by atoms with E-state index in [1.165, 1.54) is 43.4 Å². The van der Waals surface area contributed by atoms with Gasteiger partial charge in [0.2, 0.25) is 0 Å². The van der Waals surface area contributed by atoms with Gasteiger partial charge in [0, 0.05) is 11.4 Å². The van der Waals surface area contributed by atoms with Crippen LogP contribution in [0.15, 0.2) is 12.1 Å². The van der Waals surface area contributed by atoms with E-state index in [1.807, 2.05) is 0 Å². The average Bonchev–Trinajstić information content (AvgIpc) is 3.08. The van der Waals surface area contributed by atoms with E-state index >= 15 is 0 Å². The van der Waals surface area contributed by atoms with Crippen LogP contribution in [0.5, 0.6) is 5.75 Å². The summed E-state index contributed by atoms with van der Waals surface area (Å²) in [5.74, 6) is 2.72. The molecule has 2 unspecified atom stereocenters. The summed E-state index contributed by atoms with van der Waals surface area (Å²) in [5, 5.41) is 4.47. The molecule has 2 nitrogen and oxygen atoms in total. The Bertz CT molecular complexity index is 488. The maximum atomic E-state index is 6.28. The SMILES string of the molecule is CCCNCC1CCCC1Cc1cc(Cl)cc2c1OCC2. The maximum absolute atomic E-state index is 6.28. The second-order valence-electron chi connectivity index (χ2n) is 6.51. The van der Waals surface area contributed by atoms with Gasteiger partial charge >= 0.3 is 0 Å². The van der Waals surface area contributed by atoms with E-state index < -0.39 is 0 Å². The zero-order valence-corrected chi connectivity index (χ0v) is 13.7. The Labute approximate surface area is 133 Å². The van der Waals surface area contributed by atoms with Crippen LogP contribution >= 0.6 is 11.6 Å². The molecule has 21 heavy (non-hydrogen) atoms. The van der Waals surface area contributed by atoms with Gasteiger partial charge in [-0.3, -0.25) is 0 Å². The third kappa shape index (κ3) is 3.54. The molecule has 1 heterocycles. The van der Waals surface area contributed by atoms with Crippen molar-refractivity contribution >= 4 is 11.6 Å². The molecule has 2 atom stereocenters. The normalized spacial score (nSPS) is 24.1. The van der Waals surface area contributed by atoms with Gasteiger partial charge in [-0.05, 0) is 73.9 Å². The van der Waals surface area contributed by atoms with E-state index in [9.17, 15) is 0 Å². The monoisotopic (exact) mass is 307 g/mol. The molecular formula is C18H26ClNO. The molecule has 3 rings (SSSR count). The van der Waals surface area contributed by atoms with Crippen LogP contribution in [0.1, 0.15) is 43.7 Å². The molecule has 1 aromatic carbocycles. The lowest BCUT2D eigenvalue weighted by Crippen LogP contribution is -2.26. The Hall–Kier alpha value is -0.730. The van der Waals surface area contributed by atoms with Crippen LogP contribution in [0.4, 0.5) is 0 Å². The highest BCUT2D eigenvalue weighted by molar-refractivity contribution is 6.30. The average molecular weight is 308 g/mol. The van der Waals surface area contributed by atoms with E-state index in [0.717, 1.165) is 48.6 Å². The summed E-state index contributed by atoms with van der Waals surface area (Å²) in [6, 6.07) is 4.20. The van der Waals surface area contributed by atoms with Gasteiger partial charge in [0.15, 0.2) is 0 Å². The summed E-state index contributed by atoms with van der Waals surface area (Å²) in [7, 11) is 0. The van der Waals surface area contributed by atoms with E-state index in [0.29, 0.717) is 0 Å². The summed E-state index contributed by atoms with van der Waals surface area (Å²) in [4.78, 5) is 0. The smallest absolute Gasteiger partial charge is 0.125 e. The highest BCUT2D eigenvalue weighted by Crippen LogP contribution is 2.39. The molecule has 1 aliphatic carbocycles. The van der Waals surface area contributed by atoms with Crippen LogP contribution in [-0.4, -0.2) is 19.7 Å². The van der Waals surface area contributed by atoms with Crippen molar-refractivity contribution in [3.8, 4) is 5.75 Å². The lowest BCUT2D eigenvalue weighted by molar-refractivity contribution is 0.338. The second-order valence-corrected chi connectivity index (χ2v) is 6.95. The minimum absolute atomic E-state index is 0.779. The summed E-state index contributed by atoms with van der Waals surface area (Å²) in [6.07, 6.45) is 7.43. The fourth-order valence-electron chi connectivity index (χ4n) is 3.90. The van der Waals surface area contributed by atoms with Crippen LogP contribution in [0.2, 0.25) is 5.02 Å². The molecule has 1 N–H and O–H groups in total. The van der Waals surface area contributed by atoms with Crippen molar-refractivity contribution in [1.29, 1.82) is 0 Å². The third-order valence-electron chi connectivity index (χ3n) is 4.96.